The van der Waals surface area contributed by atoms with E-state index in [9.17, 15) is 13.6 Å². The molecule has 1 aliphatic rings. The lowest BCUT2D eigenvalue weighted by atomic mass is 9.95. The highest BCUT2D eigenvalue weighted by atomic mass is 35.5. The maximum Gasteiger partial charge on any atom is 0.408 e. The first-order valence-corrected chi connectivity index (χ1v) is 8.52. The summed E-state index contributed by atoms with van der Waals surface area (Å²) in [5.41, 5.74) is 2.18. The summed E-state index contributed by atoms with van der Waals surface area (Å²) in [5, 5.41) is 3.22. The Labute approximate surface area is 158 Å². The van der Waals surface area contributed by atoms with Gasteiger partial charge < -0.3 is 10.1 Å². The third-order valence-electron chi connectivity index (χ3n) is 4.37. The van der Waals surface area contributed by atoms with Crippen LogP contribution in [0.1, 0.15) is 23.3 Å². The number of nitrogens with zero attached hydrogens (tertiary/aromatic N) is 1. The molecule has 1 aromatic heterocycles. The Kier molecular flexibility index (Phi) is 4.49. The van der Waals surface area contributed by atoms with Crippen molar-refractivity contribution < 1.29 is 18.3 Å². The molecule has 4 rings (SSSR count). The summed E-state index contributed by atoms with van der Waals surface area (Å²) in [6.07, 6.45) is 1.49. The highest BCUT2D eigenvalue weighted by Gasteiger charge is 2.38. The molecule has 1 N–H and O–H groups in total. The van der Waals surface area contributed by atoms with E-state index in [1.54, 1.807) is 24.5 Å². The molecule has 27 heavy (non-hydrogen) atoms. The van der Waals surface area contributed by atoms with Gasteiger partial charge in [-0.2, -0.15) is 0 Å². The van der Waals surface area contributed by atoms with Crippen LogP contribution in [0.15, 0.2) is 60.9 Å². The first-order valence-electron chi connectivity index (χ1n) is 8.15. The first-order chi connectivity index (χ1) is 13.0. The second-order valence-electron chi connectivity index (χ2n) is 6.11. The molecule has 1 aliphatic heterocycles. The van der Waals surface area contributed by atoms with Crippen molar-refractivity contribution in [3.8, 4) is 11.1 Å². The lowest BCUT2D eigenvalue weighted by Gasteiger charge is -2.18. The molecule has 136 valence electrons. The van der Waals surface area contributed by atoms with Gasteiger partial charge in [0.15, 0.2) is 17.7 Å². The molecule has 0 aliphatic carbocycles. The van der Waals surface area contributed by atoms with Crippen molar-refractivity contribution in [3.63, 3.8) is 0 Å². The number of pyridine rings is 1. The average molecular weight is 387 g/mol. The van der Waals surface area contributed by atoms with Gasteiger partial charge in [-0.05, 0) is 35.4 Å². The monoisotopic (exact) mass is 386 g/mol. The number of nitrogens with one attached hydrogen (secondary N) is 1. The maximum absolute atomic E-state index is 14.2. The number of amides is 1. The van der Waals surface area contributed by atoms with Gasteiger partial charge >= 0.3 is 6.09 Å². The van der Waals surface area contributed by atoms with E-state index in [1.807, 2.05) is 18.2 Å². The topological polar surface area (TPSA) is 51.2 Å². The molecule has 0 unspecified atom stereocenters. The second kappa shape index (κ2) is 6.96. The summed E-state index contributed by atoms with van der Waals surface area (Å²) in [7, 11) is 0. The average Bonchev–Trinajstić information content (AvgIpc) is 3.06. The van der Waals surface area contributed by atoms with Gasteiger partial charge in [-0.25, -0.2) is 13.6 Å². The minimum atomic E-state index is -1.04. The second-order valence-corrected chi connectivity index (χ2v) is 6.54. The predicted molar refractivity (Wildman–Crippen MR) is 96.1 cm³/mol. The molecule has 0 radical (unpaired) electrons. The van der Waals surface area contributed by atoms with Gasteiger partial charge in [-0.3, -0.25) is 4.98 Å². The van der Waals surface area contributed by atoms with Gasteiger partial charge in [0.25, 0.3) is 0 Å². The number of carbonyl (C=O) groups excluding carboxylic acids is 1. The maximum atomic E-state index is 14.2. The van der Waals surface area contributed by atoms with Crippen LogP contribution in [0.5, 0.6) is 0 Å². The SMILES string of the molecule is O=C1N[C@H](c2cncc(-c3cccc(Cl)c3)c2)[C@@H](c2cccc(F)c2F)O1. The van der Waals surface area contributed by atoms with E-state index in [4.69, 9.17) is 16.3 Å². The Morgan fingerprint density at radius 1 is 1.04 bits per heavy atom. The lowest BCUT2D eigenvalue weighted by Crippen LogP contribution is -2.20. The fraction of sp³-hybridized carbons (Fsp3) is 0.100. The van der Waals surface area contributed by atoms with Crippen molar-refractivity contribution in [2.75, 3.05) is 0 Å². The summed E-state index contributed by atoms with van der Waals surface area (Å²) in [5.74, 6) is -2.04. The standard InChI is InChI=1S/C20H13ClF2N2O2/c21-14-4-1-3-11(8-14)12-7-13(10-24-9-12)18-19(27-20(26)25-18)15-5-2-6-16(22)17(15)23/h1-10,18-19H,(H,25,26)/t18-,19-/m1/s1. The molecule has 2 heterocycles. The molecule has 7 heteroatoms. The zero-order valence-corrected chi connectivity index (χ0v) is 14.6. The summed E-state index contributed by atoms with van der Waals surface area (Å²) in [6, 6.07) is 12.1. The first kappa shape index (κ1) is 17.4. The largest absolute Gasteiger partial charge is 0.439 e. The van der Waals surface area contributed by atoms with E-state index in [0.29, 0.717) is 10.6 Å². The number of carbonyl (C=O) groups is 1. The van der Waals surface area contributed by atoms with Crippen molar-refractivity contribution in [1.29, 1.82) is 0 Å². The van der Waals surface area contributed by atoms with E-state index < -0.39 is 29.9 Å². The zero-order valence-electron chi connectivity index (χ0n) is 13.8. The molecule has 3 aromatic rings. The Morgan fingerprint density at radius 2 is 1.85 bits per heavy atom. The van der Waals surface area contributed by atoms with E-state index in [0.717, 1.165) is 17.2 Å². The van der Waals surface area contributed by atoms with Crippen LogP contribution in [0.4, 0.5) is 13.6 Å². The van der Waals surface area contributed by atoms with Crippen LogP contribution in [-0.4, -0.2) is 11.1 Å². The van der Waals surface area contributed by atoms with E-state index in [2.05, 4.69) is 10.3 Å². The molecule has 1 amide bonds. The number of hydrogen-bond donors (Lipinski definition) is 1. The summed E-state index contributed by atoms with van der Waals surface area (Å²) >= 11 is 6.04. The summed E-state index contributed by atoms with van der Waals surface area (Å²) in [4.78, 5) is 16.0. The zero-order chi connectivity index (χ0) is 19.0. The molecule has 0 saturated carbocycles. The Balaban J connectivity index is 1.74. The van der Waals surface area contributed by atoms with Gasteiger partial charge in [-0.15, -0.1) is 0 Å². The minimum Gasteiger partial charge on any atom is -0.439 e. The van der Waals surface area contributed by atoms with Crippen molar-refractivity contribution in [2.24, 2.45) is 0 Å². The fourth-order valence-electron chi connectivity index (χ4n) is 3.12. The number of cyclic esters (lactones) is 1. The minimum absolute atomic E-state index is 0.0356. The number of benzene rings is 2. The van der Waals surface area contributed by atoms with Crippen molar-refractivity contribution in [3.05, 3.63) is 88.7 Å². The van der Waals surface area contributed by atoms with Crippen LogP contribution >= 0.6 is 11.6 Å². The van der Waals surface area contributed by atoms with E-state index in [-0.39, 0.29) is 5.56 Å². The van der Waals surface area contributed by atoms with Crippen LogP contribution in [-0.2, 0) is 4.74 Å². The van der Waals surface area contributed by atoms with Crippen molar-refractivity contribution >= 4 is 17.7 Å². The number of halogens is 3. The predicted octanol–water partition coefficient (Wildman–Crippen LogP) is 5.20. The lowest BCUT2D eigenvalue weighted by molar-refractivity contribution is 0.129. The molecule has 4 nitrogen and oxygen atoms in total. The van der Waals surface area contributed by atoms with Crippen LogP contribution in [0.3, 0.4) is 0 Å². The quantitative estimate of drug-likeness (QED) is 0.673. The molecule has 1 fully saturated rings. The highest BCUT2D eigenvalue weighted by molar-refractivity contribution is 6.30. The molecule has 2 aromatic carbocycles. The number of rotatable bonds is 3. The van der Waals surface area contributed by atoms with Gasteiger partial charge in [0, 0.05) is 28.5 Å². The third kappa shape index (κ3) is 3.36. The van der Waals surface area contributed by atoms with E-state index >= 15 is 0 Å². The number of alkyl carbamates (subject to hydrolysis) is 1. The normalized spacial score (nSPS) is 18.9. The summed E-state index contributed by atoms with van der Waals surface area (Å²) < 4.78 is 33.1. The molecule has 0 spiro atoms. The third-order valence-corrected chi connectivity index (χ3v) is 4.61. The number of hydrogen-bond acceptors (Lipinski definition) is 3. The van der Waals surface area contributed by atoms with Gasteiger partial charge in [0.05, 0.1) is 0 Å². The molecule has 2 atom stereocenters. The number of ether oxygens (including phenoxy) is 1. The van der Waals surface area contributed by atoms with Crippen LogP contribution in [0, 0.1) is 11.6 Å². The molecular weight excluding hydrogens is 374 g/mol. The Bertz CT molecular complexity index is 1030. The molecular formula is C20H13ClF2N2O2. The number of aromatic nitrogens is 1. The van der Waals surface area contributed by atoms with Gasteiger partial charge in [0.1, 0.15) is 6.04 Å². The molecule has 1 saturated heterocycles. The smallest absolute Gasteiger partial charge is 0.408 e. The summed E-state index contributed by atoms with van der Waals surface area (Å²) in [6.45, 7) is 0. The van der Waals surface area contributed by atoms with Crippen LogP contribution in [0.25, 0.3) is 11.1 Å². The Hall–Kier alpha value is -2.99. The van der Waals surface area contributed by atoms with Gasteiger partial charge in [0.2, 0.25) is 0 Å². The van der Waals surface area contributed by atoms with Crippen molar-refractivity contribution in [1.82, 2.24) is 10.3 Å². The molecule has 0 bridgehead atoms. The Morgan fingerprint density at radius 3 is 2.67 bits per heavy atom. The van der Waals surface area contributed by atoms with Gasteiger partial charge in [-0.1, -0.05) is 35.9 Å². The van der Waals surface area contributed by atoms with Crippen molar-refractivity contribution in [2.45, 2.75) is 12.1 Å². The highest BCUT2D eigenvalue weighted by Crippen LogP contribution is 2.39. The fourth-order valence-corrected chi connectivity index (χ4v) is 3.31. The van der Waals surface area contributed by atoms with Crippen LogP contribution < -0.4 is 5.32 Å². The van der Waals surface area contributed by atoms with Crippen LogP contribution in [0.2, 0.25) is 5.02 Å². The van der Waals surface area contributed by atoms with E-state index in [1.165, 1.54) is 12.1 Å².